The summed E-state index contributed by atoms with van der Waals surface area (Å²) in [5, 5.41) is 19.6. The van der Waals surface area contributed by atoms with Crippen LogP contribution in [-0.4, -0.2) is 0 Å². The number of benzene rings is 11. The molecule has 0 spiro atoms. The molecule has 2 heterocycles. The molecule has 0 unspecified atom stereocenters. The molecule has 56 heavy (non-hydrogen) atoms. The van der Waals surface area contributed by atoms with E-state index in [0.29, 0.717) is 0 Å². The molecular formula is C54H30O2. The average Bonchev–Trinajstić information content (AvgIpc) is 3.83. The van der Waals surface area contributed by atoms with Gasteiger partial charge < -0.3 is 8.83 Å². The Bertz CT molecular complexity index is 3500. The Balaban J connectivity index is 0.988. The molecule has 0 atom stereocenters. The summed E-state index contributed by atoms with van der Waals surface area (Å²) >= 11 is 0. The summed E-state index contributed by atoms with van der Waals surface area (Å²) in [7, 11) is 0. The molecule has 0 bridgehead atoms. The molecule has 2 heteroatoms. The summed E-state index contributed by atoms with van der Waals surface area (Å²) in [6, 6.07) is 66.0. The molecule has 0 N–H and O–H groups in total. The molecule has 13 rings (SSSR count). The van der Waals surface area contributed by atoms with E-state index in [1.165, 1.54) is 64.6 Å². The summed E-state index contributed by atoms with van der Waals surface area (Å²) in [6.45, 7) is 0. The van der Waals surface area contributed by atoms with Gasteiger partial charge >= 0.3 is 0 Å². The van der Waals surface area contributed by atoms with Crippen LogP contribution in [0.5, 0.6) is 0 Å². The van der Waals surface area contributed by atoms with Crippen LogP contribution in [0.25, 0.3) is 131 Å². The zero-order valence-corrected chi connectivity index (χ0v) is 30.1. The van der Waals surface area contributed by atoms with Crippen LogP contribution >= 0.6 is 0 Å². The van der Waals surface area contributed by atoms with E-state index in [-0.39, 0.29) is 0 Å². The zero-order valence-electron chi connectivity index (χ0n) is 30.1. The Labute approximate surface area is 320 Å². The molecule has 2 nitrogen and oxygen atoms in total. The Morgan fingerprint density at radius 1 is 0.214 bits per heavy atom. The Morgan fingerprint density at radius 3 is 0.911 bits per heavy atom. The van der Waals surface area contributed by atoms with Crippen LogP contribution in [-0.2, 0) is 0 Å². The van der Waals surface area contributed by atoms with Crippen molar-refractivity contribution in [2.24, 2.45) is 0 Å². The second-order valence-electron chi connectivity index (χ2n) is 15.1. The lowest BCUT2D eigenvalue weighted by atomic mass is 9.91. The van der Waals surface area contributed by atoms with E-state index >= 15 is 0 Å². The number of hydrogen-bond acceptors (Lipinski definition) is 2. The molecular weight excluding hydrogens is 681 g/mol. The van der Waals surface area contributed by atoms with Crippen molar-refractivity contribution >= 4 is 109 Å². The third kappa shape index (κ3) is 4.05. The number of rotatable bonds is 2. The number of para-hydroxylation sites is 2. The van der Waals surface area contributed by atoms with Gasteiger partial charge in [-0.1, -0.05) is 158 Å². The molecule has 0 saturated carbocycles. The highest BCUT2D eigenvalue weighted by atomic mass is 16.3. The highest BCUT2D eigenvalue weighted by Gasteiger charge is 2.19. The van der Waals surface area contributed by atoms with Gasteiger partial charge in [-0.05, 0) is 94.0 Å². The van der Waals surface area contributed by atoms with Crippen LogP contribution in [0.1, 0.15) is 0 Å². The van der Waals surface area contributed by atoms with E-state index in [1.54, 1.807) is 0 Å². The molecule has 11 aromatic carbocycles. The maximum absolute atomic E-state index is 6.79. The first-order chi connectivity index (χ1) is 27.8. The second kappa shape index (κ2) is 11.1. The van der Waals surface area contributed by atoms with Crippen LogP contribution in [0.2, 0.25) is 0 Å². The maximum Gasteiger partial charge on any atom is 0.143 e. The lowest BCUT2D eigenvalue weighted by Gasteiger charge is -2.12. The molecule has 0 saturated heterocycles. The van der Waals surface area contributed by atoms with E-state index in [4.69, 9.17) is 8.83 Å². The zero-order chi connectivity index (χ0) is 36.5. The smallest absolute Gasteiger partial charge is 0.143 e. The summed E-state index contributed by atoms with van der Waals surface area (Å²) < 4.78 is 13.6. The lowest BCUT2D eigenvalue weighted by Crippen LogP contribution is -1.85. The molecule has 0 aliphatic carbocycles. The van der Waals surface area contributed by atoms with Crippen molar-refractivity contribution in [3.05, 3.63) is 182 Å². The summed E-state index contributed by atoms with van der Waals surface area (Å²) in [5.74, 6) is 0. The van der Waals surface area contributed by atoms with Gasteiger partial charge in [0.1, 0.15) is 22.3 Å². The third-order valence-corrected chi connectivity index (χ3v) is 12.2. The molecule has 2 aromatic heterocycles. The lowest BCUT2D eigenvalue weighted by molar-refractivity contribution is 0.657. The van der Waals surface area contributed by atoms with Gasteiger partial charge in [-0.25, -0.2) is 0 Å². The molecule has 0 amide bonds. The maximum atomic E-state index is 6.79. The van der Waals surface area contributed by atoms with Crippen LogP contribution in [0.3, 0.4) is 0 Å². The van der Waals surface area contributed by atoms with E-state index in [0.717, 1.165) is 66.1 Å². The van der Waals surface area contributed by atoms with Gasteiger partial charge in [0.25, 0.3) is 0 Å². The average molecular weight is 711 g/mol. The standard InChI is InChI=1S/C54H30O2/c1-3-15-39-35(11-1)37-13-5-7-17-41(37)47-27-31(23-25-43(39)47)33-19-9-21-45-49-29-50-46-22-10-20-34(54(46)56-52(50)30-51(49)55-53(33)45)32-24-26-44-40-16-4-2-12-36(40)38-14-6-8-18-42(38)48(44)28-32/h1-30H. The van der Waals surface area contributed by atoms with Gasteiger partial charge in [-0.15, -0.1) is 0 Å². The van der Waals surface area contributed by atoms with Crippen LogP contribution in [0, 0.1) is 0 Å². The highest BCUT2D eigenvalue weighted by molar-refractivity contribution is 6.27. The molecule has 0 aliphatic rings. The van der Waals surface area contributed by atoms with Crippen molar-refractivity contribution in [3.63, 3.8) is 0 Å². The normalized spacial score (nSPS) is 12.3. The Hall–Kier alpha value is -7.42. The molecule has 0 aliphatic heterocycles. The Kier molecular flexibility index (Phi) is 5.92. The van der Waals surface area contributed by atoms with E-state index in [9.17, 15) is 0 Å². The SMILES string of the molecule is c1cc(-c2ccc3c4ccccc4c4ccccc4c3c2)c2oc3cc4oc5c(-c6ccc7c8ccccc8c8ccccc8c7c6)cccc5c4cc3c2c1. The van der Waals surface area contributed by atoms with Crippen molar-refractivity contribution in [1.29, 1.82) is 0 Å². The van der Waals surface area contributed by atoms with Gasteiger partial charge in [0.15, 0.2) is 0 Å². The van der Waals surface area contributed by atoms with Crippen molar-refractivity contribution in [2.75, 3.05) is 0 Å². The summed E-state index contributed by atoms with van der Waals surface area (Å²) in [5.41, 5.74) is 7.86. The van der Waals surface area contributed by atoms with E-state index in [1.807, 2.05) is 0 Å². The van der Waals surface area contributed by atoms with Crippen LogP contribution < -0.4 is 0 Å². The number of fused-ring (bicyclic) bond motifs is 18. The molecule has 258 valence electrons. The van der Waals surface area contributed by atoms with Gasteiger partial charge in [0, 0.05) is 38.7 Å². The minimum atomic E-state index is 0.821. The van der Waals surface area contributed by atoms with Crippen LogP contribution in [0.4, 0.5) is 0 Å². The minimum Gasteiger partial charge on any atom is -0.455 e. The topological polar surface area (TPSA) is 26.3 Å². The highest BCUT2D eigenvalue weighted by Crippen LogP contribution is 2.44. The second-order valence-corrected chi connectivity index (χ2v) is 15.1. The number of hydrogen-bond donors (Lipinski definition) is 0. The first-order valence-electron chi connectivity index (χ1n) is 19.2. The van der Waals surface area contributed by atoms with Gasteiger partial charge in [-0.2, -0.15) is 0 Å². The number of furan rings is 2. The molecule has 13 aromatic rings. The summed E-state index contributed by atoms with van der Waals surface area (Å²) in [4.78, 5) is 0. The monoisotopic (exact) mass is 710 g/mol. The van der Waals surface area contributed by atoms with Gasteiger partial charge in [0.05, 0.1) is 0 Å². The van der Waals surface area contributed by atoms with Gasteiger partial charge in [-0.3, -0.25) is 0 Å². The fraction of sp³-hybridized carbons (Fsp3) is 0. The molecule has 0 radical (unpaired) electrons. The van der Waals surface area contributed by atoms with Crippen molar-refractivity contribution in [3.8, 4) is 22.3 Å². The van der Waals surface area contributed by atoms with E-state index < -0.39 is 0 Å². The fourth-order valence-electron chi connectivity index (χ4n) is 9.69. The molecule has 0 fully saturated rings. The van der Waals surface area contributed by atoms with Gasteiger partial charge in [0.2, 0.25) is 0 Å². The first-order valence-corrected chi connectivity index (χ1v) is 19.2. The van der Waals surface area contributed by atoms with Crippen molar-refractivity contribution in [2.45, 2.75) is 0 Å². The summed E-state index contributed by atoms with van der Waals surface area (Å²) in [6.07, 6.45) is 0. The largest absolute Gasteiger partial charge is 0.455 e. The quantitative estimate of drug-likeness (QED) is 0.167. The van der Waals surface area contributed by atoms with Crippen LogP contribution in [0.15, 0.2) is 191 Å². The Morgan fingerprint density at radius 2 is 0.536 bits per heavy atom. The first kappa shape index (κ1) is 30.0. The predicted molar refractivity (Wildman–Crippen MR) is 237 cm³/mol. The third-order valence-electron chi connectivity index (χ3n) is 12.2. The predicted octanol–water partition coefficient (Wildman–Crippen LogP) is 15.7. The van der Waals surface area contributed by atoms with Crippen molar-refractivity contribution in [1.82, 2.24) is 0 Å². The van der Waals surface area contributed by atoms with Crippen molar-refractivity contribution < 1.29 is 8.83 Å². The van der Waals surface area contributed by atoms with E-state index in [2.05, 4.69) is 182 Å². The fourth-order valence-corrected chi connectivity index (χ4v) is 9.69. The minimum absolute atomic E-state index is 0.821.